The summed E-state index contributed by atoms with van der Waals surface area (Å²) >= 11 is 0. The predicted molar refractivity (Wildman–Crippen MR) is 86.7 cm³/mol. The van der Waals surface area contributed by atoms with Crippen molar-refractivity contribution in [3.8, 4) is 5.75 Å². The van der Waals surface area contributed by atoms with E-state index < -0.39 is 16.0 Å². The number of carboxylic acids is 1. The fourth-order valence-corrected chi connectivity index (χ4v) is 3.44. The molecule has 7 heteroatoms. The lowest BCUT2D eigenvalue weighted by Crippen LogP contribution is -2.15. The first-order chi connectivity index (χ1) is 10.7. The van der Waals surface area contributed by atoms with E-state index in [1.807, 2.05) is 0 Å². The lowest BCUT2D eigenvalue weighted by atomic mass is 10.1. The molecule has 2 N–H and O–H groups in total. The fourth-order valence-electron chi connectivity index (χ4n) is 2.06. The van der Waals surface area contributed by atoms with Crippen LogP contribution in [0.15, 0.2) is 41.3 Å². The second kappa shape index (κ2) is 6.29. The number of methoxy groups -OCH3 is 1. The summed E-state index contributed by atoms with van der Waals surface area (Å²) in [5, 5.41) is 9.04. The summed E-state index contributed by atoms with van der Waals surface area (Å²) in [7, 11) is -2.52. The van der Waals surface area contributed by atoms with Crippen LogP contribution in [0.3, 0.4) is 0 Å². The Morgan fingerprint density at radius 3 is 2.43 bits per heavy atom. The van der Waals surface area contributed by atoms with Crippen LogP contribution in [0.25, 0.3) is 0 Å². The Morgan fingerprint density at radius 2 is 1.83 bits per heavy atom. The summed E-state index contributed by atoms with van der Waals surface area (Å²) < 4.78 is 32.8. The van der Waals surface area contributed by atoms with Crippen molar-refractivity contribution >= 4 is 21.7 Å². The maximum Gasteiger partial charge on any atom is 0.335 e. The van der Waals surface area contributed by atoms with Gasteiger partial charge in [-0.05, 0) is 49.2 Å². The number of anilines is 1. The quantitative estimate of drug-likeness (QED) is 0.876. The first kappa shape index (κ1) is 16.8. The molecule has 2 rings (SSSR count). The summed E-state index contributed by atoms with van der Waals surface area (Å²) in [4.78, 5) is 11.0. The van der Waals surface area contributed by atoms with Gasteiger partial charge in [-0.15, -0.1) is 0 Å². The van der Waals surface area contributed by atoms with Gasteiger partial charge in [0, 0.05) is 0 Å². The molecule has 2 aromatic carbocycles. The van der Waals surface area contributed by atoms with Crippen molar-refractivity contribution in [2.24, 2.45) is 0 Å². The molecule has 0 saturated heterocycles. The van der Waals surface area contributed by atoms with E-state index in [2.05, 4.69) is 4.72 Å². The summed E-state index contributed by atoms with van der Waals surface area (Å²) in [5.41, 5.74) is 1.60. The number of carbonyl (C=O) groups is 1. The van der Waals surface area contributed by atoms with Crippen LogP contribution in [0.4, 0.5) is 5.69 Å². The minimum atomic E-state index is -3.91. The largest absolute Gasteiger partial charge is 0.495 e. The van der Waals surface area contributed by atoms with Crippen molar-refractivity contribution in [2.75, 3.05) is 11.8 Å². The Balaban J connectivity index is 2.49. The minimum Gasteiger partial charge on any atom is -0.495 e. The second-order valence-electron chi connectivity index (χ2n) is 5.09. The molecular weight excluding hydrogens is 318 g/mol. The van der Waals surface area contributed by atoms with Gasteiger partial charge in [-0.25, -0.2) is 13.2 Å². The summed E-state index contributed by atoms with van der Waals surface area (Å²) in [5.74, 6) is -0.909. The number of hydrogen-bond donors (Lipinski definition) is 2. The van der Waals surface area contributed by atoms with Gasteiger partial charge in [0.15, 0.2) is 0 Å². The molecule has 0 bridgehead atoms. The molecule has 0 saturated carbocycles. The Morgan fingerprint density at radius 1 is 1.13 bits per heavy atom. The van der Waals surface area contributed by atoms with Gasteiger partial charge in [0.25, 0.3) is 10.0 Å². The molecule has 0 unspecified atom stereocenters. The molecule has 0 aliphatic heterocycles. The summed E-state index contributed by atoms with van der Waals surface area (Å²) in [6.07, 6.45) is 0. The first-order valence-electron chi connectivity index (χ1n) is 6.76. The van der Waals surface area contributed by atoms with Gasteiger partial charge >= 0.3 is 5.97 Å². The van der Waals surface area contributed by atoms with Gasteiger partial charge in [-0.2, -0.15) is 0 Å². The normalized spacial score (nSPS) is 11.1. The van der Waals surface area contributed by atoms with Crippen molar-refractivity contribution in [1.29, 1.82) is 0 Å². The number of sulfonamides is 1. The standard InChI is InChI=1S/C16H17NO5S/c1-10-4-7-14(22-3)15(8-10)23(20,21)17-13-9-12(16(18)19)6-5-11(13)2/h4-9,17H,1-3H3,(H,18,19). The molecule has 0 radical (unpaired) electrons. The lowest BCUT2D eigenvalue weighted by Gasteiger charge is -2.14. The van der Waals surface area contributed by atoms with E-state index in [1.54, 1.807) is 32.0 Å². The smallest absolute Gasteiger partial charge is 0.335 e. The Bertz CT molecular complexity index is 859. The van der Waals surface area contributed by atoms with E-state index in [-0.39, 0.29) is 21.9 Å². The third-order valence-electron chi connectivity index (χ3n) is 3.34. The van der Waals surface area contributed by atoms with E-state index in [1.165, 1.54) is 25.3 Å². The maximum atomic E-state index is 12.6. The Labute approximate surface area is 134 Å². The van der Waals surface area contributed by atoms with Gasteiger partial charge in [-0.1, -0.05) is 12.1 Å². The van der Waals surface area contributed by atoms with E-state index in [0.717, 1.165) is 5.56 Å². The molecule has 0 heterocycles. The number of benzene rings is 2. The molecule has 23 heavy (non-hydrogen) atoms. The zero-order chi connectivity index (χ0) is 17.2. The van der Waals surface area contributed by atoms with Crippen molar-refractivity contribution in [1.82, 2.24) is 0 Å². The van der Waals surface area contributed by atoms with Gasteiger partial charge in [0.05, 0.1) is 18.4 Å². The van der Waals surface area contributed by atoms with Gasteiger partial charge < -0.3 is 9.84 Å². The fraction of sp³-hybridized carbons (Fsp3) is 0.188. The highest BCUT2D eigenvalue weighted by Crippen LogP contribution is 2.28. The molecule has 0 aliphatic rings. The average Bonchev–Trinajstić information content (AvgIpc) is 2.49. The first-order valence-corrected chi connectivity index (χ1v) is 8.24. The van der Waals surface area contributed by atoms with E-state index in [4.69, 9.17) is 9.84 Å². The van der Waals surface area contributed by atoms with E-state index >= 15 is 0 Å². The molecule has 0 amide bonds. The van der Waals surface area contributed by atoms with Crippen LogP contribution in [0.1, 0.15) is 21.5 Å². The molecule has 6 nitrogen and oxygen atoms in total. The number of ether oxygens (including phenoxy) is 1. The van der Waals surface area contributed by atoms with Crippen LogP contribution >= 0.6 is 0 Å². The van der Waals surface area contributed by atoms with Gasteiger partial charge in [-0.3, -0.25) is 4.72 Å². The van der Waals surface area contributed by atoms with Crippen molar-refractivity contribution in [3.63, 3.8) is 0 Å². The number of hydrogen-bond acceptors (Lipinski definition) is 4. The van der Waals surface area contributed by atoms with Crippen LogP contribution in [-0.2, 0) is 10.0 Å². The molecule has 0 spiro atoms. The Hall–Kier alpha value is -2.54. The summed E-state index contributed by atoms with van der Waals surface area (Å²) in [6, 6.07) is 9.07. The number of nitrogens with one attached hydrogen (secondary N) is 1. The summed E-state index contributed by atoms with van der Waals surface area (Å²) in [6.45, 7) is 3.46. The number of aromatic carboxylic acids is 1. The second-order valence-corrected chi connectivity index (χ2v) is 6.75. The zero-order valence-corrected chi connectivity index (χ0v) is 13.8. The number of aryl methyl sites for hydroxylation is 2. The SMILES string of the molecule is COc1ccc(C)cc1S(=O)(=O)Nc1cc(C(=O)O)ccc1C. The third kappa shape index (κ3) is 3.62. The van der Waals surface area contributed by atoms with Gasteiger partial charge in [0.1, 0.15) is 10.6 Å². The van der Waals surface area contributed by atoms with Crippen LogP contribution in [0, 0.1) is 13.8 Å². The van der Waals surface area contributed by atoms with Crippen molar-refractivity contribution < 1.29 is 23.1 Å². The molecule has 122 valence electrons. The zero-order valence-electron chi connectivity index (χ0n) is 13.0. The highest BCUT2D eigenvalue weighted by Gasteiger charge is 2.21. The van der Waals surface area contributed by atoms with Crippen LogP contribution in [0.2, 0.25) is 0 Å². The van der Waals surface area contributed by atoms with Crippen molar-refractivity contribution in [2.45, 2.75) is 18.7 Å². The minimum absolute atomic E-state index is 0.000119. The van der Waals surface area contributed by atoms with Crippen LogP contribution < -0.4 is 9.46 Å². The predicted octanol–water partition coefficient (Wildman–Crippen LogP) is 2.81. The van der Waals surface area contributed by atoms with E-state index in [9.17, 15) is 13.2 Å². The number of carboxylic acid groups (broad SMARTS) is 1. The topological polar surface area (TPSA) is 92.7 Å². The highest BCUT2D eigenvalue weighted by molar-refractivity contribution is 7.92. The lowest BCUT2D eigenvalue weighted by molar-refractivity contribution is 0.0697. The Kier molecular flexibility index (Phi) is 4.60. The molecule has 0 atom stereocenters. The average molecular weight is 335 g/mol. The molecule has 2 aromatic rings. The molecule has 0 fully saturated rings. The maximum absolute atomic E-state index is 12.6. The van der Waals surface area contributed by atoms with Crippen molar-refractivity contribution in [3.05, 3.63) is 53.1 Å². The van der Waals surface area contributed by atoms with Crippen LogP contribution in [0.5, 0.6) is 5.75 Å². The molecule has 0 aliphatic carbocycles. The molecule has 0 aromatic heterocycles. The molecular formula is C16H17NO5S. The van der Waals surface area contributed by atoms with E-state index in [0.29, 0.717) is 5.56 Å². The van der Waals surface area contributed by atoms with Crippen LogP contribution in [-0.4, -0.2) is 26.6 Å². The third-order valence-corrected chi connectivity index (χ3v) is 4.72. The van der Waals surface area contributed by atoms with Gasteiger partial charge in [0.2, 0.25) is 0 Å². The number of rotatable bonds is 5. The highest BCUT2D eigenvalue weighted by atomic mass is 32.2. The monoisotopic (exact) mass is 335 g/mol.